The molecular weight excluding hydrogens is 980 g/mol. The van der Waals surface area contributed by atoms with Crippen LogP contribution in [0, 0.1) is 18.8 Å². The molecule has 0 saturated carbocycles. The second-order valence-corrected chi connectivity index (χ2v) is 26.3. The average molecular weight is 1040 g/mol. The van der Waals surface area contributed by atoms with Gasteiger partial charge in [-0.05, 0) is 91.9 Å². The van der Waals surface area contributed by atoms with E-state index < -0.39 is 8.07 Å². The molecule has 0 bridgehead atoms. The Morgan fingerprint density at radius 1 is 0.562 bits per heavy atom. The number of fused-ring (bicyclic) bond motifs is 4. The Morgan fingerprint density at radius 2 is 1.20 bits per heavy atom. The summed E-state index contributed by atoms with van der Waals surface area (Å²) in [6, 6.07) is 53.4. The Hall–Kier alpha value is -5.42. The van der Waals surface area contributed by atoms with Crippen molar-refractivity contribution >= 4 is 57.8 Å². The molecule has 0 unspecified atom stereocenters. The van der Waals surface area contributed by atoms with Crippen LogP contribution in [0.5, 0.6) is 11.5 Å². The van der Waals surface area contributed by atoms with Crippen LogP contribution >= 0.6 is 0 Å². The van der Waals surface area contributed by atoms with Crippen LogP contribution in [0.4, 0.5) is 22.7 Å². The number of benzene rings is 6. The first-order chi connectivity index (χ1) is 29.7. The van der Waals surface area contributed by atoms with Gasteiger partial charge in [-0.25, -0.2) is 4.98 Å². The van der Waals surface area contributed by atoms with Gasteiger partial charge in [-0.3, -0.25) is 0 Å². The number of ether oxygens (including phenoxy) is 1. The molecule has 0 amide bonds. The van der Waals surface area contributed by atoms with Crippen LogP contribution in [0.25, 0.3) is 38.8 Å². The molecule has 0 atom stereocenters. The van der Waals surface area contributed by atoms with Crippen molar-refractivity contribution in [3.05, 3.63) is 169 Å². The van der Waals surface area contributed by atoms with Gasteiger partial charge < -0.3 is 19.1 Å². The zero-order valence-corrected chi connectivity index (χ0v) is 42.6. The van der Waals surface area contributed by atoms with Gasteiger partial charge in [0.25, 0.3) is 0 Å². The van der Waals surface area contributed by atoms with Crippen molar-refractivity contribution in [1.29, 1.82) is 0 Å². The largest absolute Gasteiger partial charge is 0.509 e. The molecule has 0 saturated heterocycles. The number of anilines is 4. The van der Waals surface area contributed by atoms with Gasteiger partial charge in [-0.1, -0.05) is 147 Å². The fourth-order valence-corrected chi connectivity index (χ4v) is 9.64. The predicted octanol–water partition coefficient (Wildman–Crippen LogP) is 15.1. The minimum absolute atomic E-state index is 0. The fourth-order valence-electron chi connectivity index (χ4n) is 8.45. The number of aromatic nitrogens is 2. The number of rotatable bonds is 7. The van der Waals surface area contributed by atoms with E-state index in [1.807, 2.05) is 24.4 Å². The number of para-hydroxylation sites is 2. The van der Waals surface area contributed by atoms with Gasteiger partial charge in [0, 0.05) is 61.3 Å². The van der Waals surface area contributed by atoms with Gasteiger partial charge >= 0.3 is 0 Å². The van der Waals surface area contributed by atoms with Crippen LogP contribution in [0.1, 0.15) is 79.0 Å². The van der Waals surface area contributed by atoms with Crippen LogP contribution < -0.4 is 19.7 Å². The van der Waals surface area contributed by atoms with E-state index in [-0.39, 0.29) is 37.3 Å². The SMILES string of the molecule is CC(C)(C)c1cc(N2[CH-]N(c3[c-]c(Oc4[c-]c5c(cc4)c4cc(-c6cccc([Si](C)(C)C)c6)ccc4n5-c4cc(C(C)(C)C)ccn4)ccc3)c3ccccc32)cc(C(C)(C)C)c1.[Pt]. The van der Waals surface area contributed by atoms with E-state index >= 15 is 0 Å². The van der Waals surface area contributed by atoms with Crippen molar-refractivity contribution in [3.63, 3.8) is 0 Å². The molecule has 330 valence electrons. The van der Waals surface area contributed by atoms with E-state index in [9.17, 15) is 0 Å². The van der Waals surface area contributed by atoms with Crippen molar-refractivity contribution in [2.45, 2.75) is 98.2 Å². The third-order valence-electron chi connectivity index (χ3n) is 12.3. The minimum Gasteiger partial charge on any atom is -0.509 e. The van der Waals surface area contributed by atoms with E-state index in [0.717, 1.165) is 50.4 Å². The fraction of sp³-hybridized carbons (Fsp3) is 0.263. The smallest absolute Gasteiger partial charge is 0.135 e. The van der Waals surface area contributed by atoms with E-state index in [4.69, 9.17) is 9.72 Å². The molecule has 2 aromatic heterocycles. The van der Waals surface area contributed by atoms with Gasteiger partial charge in [0.05, 0.1) is 8.07 Å². The topological polar surface area (TPSA) is 33.5 Å². The number of nitrogens with zero attached hydrogens (tertiary/aromatic N) is 4. The third kappa shape index (κ3) is 8.72. The summed E-state index contributed by atoms with van der Waals surface area (Å²) in [5.41, 5.74) is 12.4. The van der Waals surface area contributed by atoms with E-state index in [0.29, 0.717) is 11.5 Å². The second-order valence-electron chi connectivity index (χ2n) is 21.3. The molecule has 0 N–H and O–H groups in total. The Balaban J connectivity index is 0.00000560. The molecule has 0 spiro atoms. The standard InChI is InChI=1S/C57H59N4OSi.Pt/c1-55(2,3)40-27-28-58-54(34-40)61-50-26-23-39(38-17-15-20-47(29-38)63(10,11)12)30-49(50)48-25-24-46(36-53(48)61)62-45-19-16-18-43(35-45)59-37-60(52-22-14-13-21-51(52)59)44-32-41(56(4,5)6)31-42(33-44)57(7,8)9;/h13-34,37H,1-12H3;/q-3;. The second kappa shape index (κ2) is 16.5. The van der Waals surface area contributed by atoms with Gasteiger partial charge in [-0.15, -0.1) is 48.1 Å². The number of pyridine rings is 1. The molecule has 1 aliphatic rings. The summed E-state index contributed by atoms with van der Waals surface area (Å²) in [6.07, 6.45) is 1.92. The summed E-state index contributed by atoms with van der Waals surface area (Å²) in [5, 5.41) is 3.69. The Bertz CT molecular complexity index is 3000. The first kappa shape index (κ1) is 45.2. The molecule has 7 heteroatoms. The molecule has 0 fully saturated rings. The first-order valence-electron chi connectivity index (χ1n) is 22.2. The average Bonchev–Trinajstić information content (AvgIpc) is 3.78. The molecule has 9 rings (SSSR count). The van der Waals surface area contributed by atoms with Crippen LogP contribution in [0.3, 0.4) is 0 Å². The molecule has 3 heterocycles. The van der Waals surface area contributed by atoms with Crippen LogP contribution in [0.2, 0.25) is 19.6 Å². The maximum Gasteiger partial charge on any atom is 0.135 e. The van der Waals surface area contributed by atoms with Crippen molar-refractivity contribution in [2.75, 3.05) is 9.80 Å². The molecule has 0 aliphatic carbocycles. The normalized spacial score (nSPS) is 13.4. The summed E-state index contributed by atoms with van der Waals surface area (Å²) in [7, 11) is -1.49. The Kier molecular flexibility index (Phi) is 11.7. The van der Waals surface area contributed by atoms with Crippen molar-refractivity contribution in [3.8, 4) is 28.4 Å². The molecule has 1 aliphatic heterocycles. The van der Waals surface area contributed by atoms with E-state index in [1.54, 1.807) is 0 Å². The third-order valence-corrected chi connectivity index (χ3v) is 14.4. The molecule has 6 aromatic carbocycles. The van der Waals surface area contributed by atoms with Crippen LogP contribution in [0.15, 0.2) is 134 Å². The zero-order chi connectivity index (χ0) is 44.6. The molecule has 64 heavy (non-hydrogen) atoms. The molecule has 8 aromatic rings. The molecular formula is C57H59N4OPtSi-3. The predicted molar refractivity (Wildman–Crippen MR) is 269 cm³/mol. The summed E-state index contributed by atoms with van der Waals surface area (Å²) < 4.78 is 8.94. The van der Waals surface area contributed by atoms with Crippen molar-refractivity contribution < 1.29 is 25.8 Å². The quantitative estimate of drug-likeness (QED) is 0.118. The summed E-state index contributed by atoms with van der Waals surface area (Å²) >= 11 is 0. The summed E-state index contributed by atoms with van der Waals surface area (Å²) in [4.78, 5) is 9.46. The van der Waals surface area contributed by atoms with Gasteiger partial charge in [0.1, 0.15) is 5.82 Å². The molecule has 5 nitrogen and oxygen atoms in total. The van der Waals surface area contributed by atoms with Crippen LogP contribution in [-0.4, -0.2) is 17.6 Å². The minimum atomic E-state index is -1.49. The summed E-state index contributed by atoms with van der Waals surface area (Å²) in [6.45, 7) is 29.8. The Labute approximate surface area is 396 Å². The summed E-state index contributed by atoms with van der Waals surface area (Å²) in [5.74, 6) is 2.07. The molecule has 0 radical (unpaired) electrons. The number of hydrogen-bond donors (Lipinski definition) is 0. The van der Waals surface area contributed by atoms with Crippen LogP contribution in [-0.2, 0) is 37.3 Å². The van der Waals surface area contributed by atoms with Gasteiger partial charge in [0.15, 0.2) is 0 Å². The van der Waals surface area contributed by atoms with E-state index in [1.165, 1.54) is 33.0 Å². The van der Waals surface area contributed by atoms with Gasteiger partial charge in [0.2, 0.25) is 0 Å². The number of hydrogen-bond acceptors (Lipinski definition) is 4. The Morgan fingerprint density at radius 3 is 1.88 bits per heavy atom. The maximum atomic E-state index is 6.70. The monoisotopic (exact) mass is 1040 g/mol. The van der Waals surface area contributed by atoms with Gasteiger partial charge in [-0.2, -0.15) is 12.1 Å². The van der Waals surface area contributed by atoms with Crippen molar-refractivity contribution in [1.82, 2.24) is 9.55 Å². The zero-order valence-electron chi connectivity index (χ0n) is 39.3. The van der Waals surface area contributed by atoms with Crippen molar-refractivity contribution in [2.24, 2.45) is 0 Å². The first-order valence-corrected chi connectivity index (χ1v) is 25.7. The van der Waals surface area contributed by atoms with E-state index in [2.05, 4.69) is 224 Å². The maximum absolute atomic E-state index is 6.70.